The fourth-order valence-electron chi connectivity index (χ4n) is 1.98. The number of alkyl halides is 3. The molecule has 0 N–H and O–H groups in total. The molecule has 2 heterocycles. The topological polar surface area (TPSA) is 78.1 Å². The molecule has 0 unspecified atom stereocenters. The summed E-state index contributed by atoms with van der Waals surface area (Å²) in [5.74, 6) is -3.28. The Balaban J connectivity index is 1.75. The molecule has 3 aromatic rings. The summed E-state index contributed by atoms with van der Waals surface area (Å²) in [6.45, 7) is -0.356. The molecule has 0 spiro atoms. The Labute approximate surface area is 143 Å². The van der Waals surface area contributed by atoms with Crippen molar-refractivity contribution in [2.75, 3.05) is 6.61 Å². The lowest BCUT2D eigenvalue weighted by molar-refractivity contribution is -0.159. The molecule has 0 saturated carbocycles. The van der Waals surface area contributed by atoms with Gasteiger partial charge < -0.3 is 9.26 Å². The molecule has 1 aromatic carbocycles. The van der Waals surface area contributed by atoms with Crippen LogP contribution in [0.3, 0.4) is 0 Å². The highest BCUT2D eigenvalue weighted by Gasteiger charge is 2.38. The van der Waals surface area contributed by atoms with Crippen molar-refractivity contribution in [1.82, 2.24) is 15.1 Å². The van der Waals surface area contributed by atoms with Crippen LogP contribution in [0, 0.1) is 5.82 Å². The zero-order valence-electron chi connectivity index (χ0n) is 12.8. The summed E-state index contributed by atoms with van der Waals surface area (Å²) < 4.78 is 60.8. The fraction of sp³-hybridized carbons (Fsp3) is 0.125. The average Bonchev–Trinajstić information content (AvgIpc) is 3.10. The molecule has 0 fully saturated rings. The number of carbonyl (C=O) groups excluding carboxylic acids is 1. The third-order valence-electron chi connectivity index (χ3n) is 3.20. The first-order chi connectivity index (χ1) is 12.3. The van der Waals surface area contributed by atoms with Gasteiger partial charge in [-0.05, 0) is 24.3 Å². The molecule has 0 bridgehead atoms. The van der Waals surface area contributed by atoms with Crippen LogP contribution in [-0.4, -0.2) is 27.5 Å². The van der Waals surface area contributed by atoms with Gasteiger partial charge in [-0.25, -0.2) is 4.39 Å². The van der Waals surface area contributed by atoms with Crippen molar-refractivity contribution in [3.05, 3.63) is 60.0 Å². The van der Waals surface area contributed by atoms with Crippen molar-refractivity contribution >= 4 is 5.78 Å². The Morgan fingerprint density at radius 1 is 1.23 bits per heavy atom. The van der Waals surface area contributed by atoms with E-state index in [9.17, 15) is 22.4 Å². The second-order valence-corrected chi connectivity index (χ2v) is 5.02. The van der Waals surface area contributed by atoms with Crippen LogP contribution in [-0.2, 0) is 6.18 Å². The van der Waals surface area contributed by atoms with Crippen molar-refractivity contribution in [3.8, 4) is 17.1 Å². The number of hydrogen-bond donors (Lipinski definition) is 0. The first-order valence-electron chi connectivity index (χ1n) is 7.11. The van der Waals surface area contributed by atoms with Crippen LogP contribution in [0.15, 0.2) is 47.2 Å². The van der Waals surface area contributed by atoms with Gasteiger partial charge in [0.1, 0.15) is 11.6 Å². The van der Waals surface area contributed by atoms with Crippen LogP contribution >= 0.6 is 0 Å². The van der Waals surface area contributed by atoms with Gasteiger partial charge in [-0.2, -0.15) is 18.2 Å². The molecule has 0 radical (unpaired) electrons. The van der Waals surface area contributed by atoms with E-state index >= 15 is 0 Å². The number of carbonyl (C=O) groups is 1. The Hall–Kier alpha value is -3.30. The number of pyridine rings is 1. The van der Waals surface area contributed by atoms with Crippen molar-refractivity contribution in [3.63, 3.8) is 0 Å². The lowest BCUT2D eigenvalue weighted by Crippen LogP contribution is -2.12. The van der Waals surface area contributed by atoms with Crippen molar-refractivity contribution < 1.29 is 31.6 Å². The van der Waals surface area contributed by atoms with E-state index in [1.807, 2.05) is 0 Å². The summed E-state index contributed by atoms with van der Waals surface area (Å²) in [5.41, 5.74) is -0.344. The Morgan fingerprint density at radius 2 is 2.04 bits per heavy atom. The number of ketones is 1. The predicted molar refractivity (Wildman–Crippen MR) is 78.8 cm³/mol. The lowest BCUT2D eigenvalue weighted by atomic mass is 10.1. The number of ether oxygens (including phenoxy) is 1. The molecule has 0 aliphatic carbocycles. The average molecular weight is 367 g/mol. The van der Waals surface area contributed by atoms with E-state index in [0.717, 1.165) is 12.1 Å². The van der Waals surface area contributed by atoms with E-state index in [2.05, 4.69) is 19.6 Å². The normalized spacial score (nSPS) is 11.4. The molecule has 0 aliphatic heterocycles. The highest BCUT2D eigenvalue weighted by Crippen LogP contribution is 2.30. The second-order valence-electron chi connectivity index (χ2n) is 5.02. The van der Waals surface area contributed by atoms with Crippen LogP contribution in [0.25, 0.3) is 11.4 Å². The Morgan fingerprint density at radius 3 is 2.65 bits per heavy atom. The van der Waals surface area contributed by atoms with Crippen LogP contribution in [0.4, 0.5) is 17.6 Å². The predicted octanol–water partition coefficient (Wildman–Crippen LogP) is 3.55. The van der Waals surface area contributed by atoms with Gasteiger partial charge in [-0.3, -0.25) is 9.78 Å². The number of Topliss-reactive ketones (excluding diaryl/α,β-unsaturated/α-hetero) is 1. The van der Waals surface area contributed by atoms with E-state index < -0.39 is 29.5 Å². The van der Waals surface area contributed by atoms with Gasteiger partial charge >= 0.3 is 12.1 Å². The van der Waals surface area contributed by atoms with E-state index in [1.165, 1.54) is 18.5 Å². The molecule has 26 heavy (non-hydrogen) atoms. The van der Waals surface area contributed by atoms with Gasteiger partial charge in [0, 0.05) is 11.8 Å². The van der Waals surface area contributed by atoms with Gasteiger partial charge in [0.2, 0.25) is 5.82 Å². The number of benzene rings is 1. The van der Waals surface area contributed by atoms with Gasteiger partial charge in [-0.15, -0.1) is 0 Å². The summed E-state index contributed by atoms with van der Waals surface area (Å²) in [7, 11) is 0. The minimum Gasteiger partial charge on any atom is -0.484 e. The molecule has 2 aromatic heterocycles. The van der Waals surface area contributed by atoms with Crippen LogP contribution in [0.1, 0.15) is 16.2 Å². The zero-order valence-corrected chi connectivity index (χ0v) is 12.8. The maximum Gasteiger partial charge on any atom is 0.471 e. The van der Waals surface area contributed by atoms with E-state index in [-0.39, 0.29) is 17.7 Å². The lowest BCUT2D eigenvalue weighted by Gasteiger charge is -2.06. The van der Waals surface area contributed by atoms with Gasteiger partial charge in [0.05, 0.1) is 11.8 Å². The van der Waals surface area contributed by atoms with Gasteiger partial charge in [0.15, 0.2) is 12.4 Å². The summed E-state index contributed by atoms with van der Waals surface area (Å²) in [4.78, 5) is 19.0. The molecule has 0 aliphatic rings. The minimum absolute atomic E-state index is 0.0188. The quantitative estimate of drug-likeness (QED) is 0.507. The number of aromatic nitrogens is 3. The first-order valence-corrected chi connectivity index (χ1v) is 7.11. The van der Waals surface area contributed by atoms with E-state index in [1.54, 1.807) is 12.1 Å². The van der Waals surface area contributed by atoms with Crippen molar-refractivity contribution in [1.29, 1.82) is 0 Å². The fourth-order valence-corrected chi connectivity index (χ4v) is 1.98. The summed E-state index contributed by atoms with van der Waals surface area (Å²) in [6.07, 6.45) is -1.89. The molecule has 6 nitrogen and oxygen atoms in total. The highest BCUT2D eigenvalue weighted by atomic mass is 19.4. The maximum atomic E-state index is 14.2. The molecular formula is C16H9F4N3O3. The smallest absolute Gasteiger partial charge is 0.471 e. The first kappa shape index (κ1) is 17.5. The van der Waals surface area contributed by atoms with E-state index in [0.29, 0.717) is 5.75 Å². The minimum atomic E-state index is -4.83. The largest absolute Gasteiger partial charge is 0.484 e. The standard InChI is InChI=1S/C16H9F4N3O3/c17-12-6-9(13(24)8-25-10-2-1-5-21-7-10)3-4-11(12)14-22-15(26-23-14)16(18,19)20/h1-7H,8H2. The summed E-state index contributed by atoms with van der Waals surface area (Å²) in [6, 6.07) is 6.41. The molecular weight excluding hydrogens is 358 g/mol. The summed E-state index contributed by atoms with van der Waals surface area (Å²) >= 11 is 0. The third-order valence-corrected chi connectivity index (χ3v) is 3.20. The summed E-state index contributed by atoms with van der Waals surface area (Å²) in [5, 5.41) is 3.10. The second kappa shape index (κ2) is 6.90. The van der Waals surface area contributed by atoms with Crippen LogP contribution < -0.4 is 4.74 Å². The van der Waals surface area contributed by atoms with Gasteiger partial charge in [0.25, 0.3) is 0 Å². The number of hydrogen-bond acceptors (Lipinski definition) is 6. The maximum absolute atomic E-state index is 14.2. The molecule has 0 amide bonds. The molecule has 10 heteroatoms. The van der Waals surface area contributed by atoms with Crippen LogP contribution in [0.5, 0.6) is 5.75 Å². The number of halogens is 4. The van der Waals surface area contributed by atoms with E-state index in [4.69, 9.17) is 4.74 Å². The number of nitrogens with zero attached hydrogens (tertiary/aromatic N) is 3. The Bertz CT molecular complexity index is 926. The SMILES string of the molecule is O=C(COc1cccnc1)c1ccc(-c2noc(C(F)(F)F)n2)c(F)c1. The monoisotopic (exact) mass is 367 g/mol. The zero-order chi connectivity index (χ0) is 18.7. The molecule has 134 valence electrons. The molecule has 0 atom stereocenters. The van der Waals surface area contributed by atoms with Gasteiger partial charge in [-0.1, -0.05) is 11.2 Å². The van der Waals surface area contributed by atoms with Crippen LogP contribution in [0.2, 0.25) is 0 Å². The molecule has 3 rings (SSSR count). The van der Waals surface area contributed by atoms with Crippen molar-refractivity contribution in [2.45, 2.75) is 6.18 Å². The molecule has 0 saturated heterocycles. The van der Waals surface area contributed by atoms with Crippen molar-refractivity contribution in [2.24, 2.45) is 0 Å². The Kier molecular flexibility index (Phi) is 4.65. The number of rotatable bonds is 5. The third kappa shape index (κ3) is 3.85. The highest BCUT2D eigenvalue weighted by molar-refractivity contribution is 5.97.